The van der Waals surface area contributed by atoms with Crippen molar-refractivity contribution in [1.82, 2.24) is 4.90 Å². The van der Waals surface area contributed by atoms with Crippen molar-refractivity contribution in [2.24, 2.45) is 11.1 Å². The highest BCUT2D eigenvalue weighted by Gasteiger charge is 2.44. The molecule has 0 spiro atoms. The normalized spacial score (nSPS) is 30.1. The third-order valence-electron chi connectivity index (χ3n) is 4.00. The van der Waals surface area contributed by atoms with E-state index in [0.717, 1.165) is 12.5 Å². The van der Waals surface area contributed by atoms with E-state index in [-0.39, 0.29) is 0 Å². The number of hydrogen-bond acceptors (Lipinski definition) is 2. The number of rotatable bonds is 4. The van der Waals surface area contributed by atoms with Gasteiger partial charge in [0.25, 0.3) is 0 Å². The fraction of sp³-hybridized carbons (Fsp3) is 0.917. The van der Waals surface area contributed by atoms with Crippen molar-refractivity contribution in [3.05, 3.63) is 0 Å². The zero-order chi connectivity index (χ0) is 10.9. The van der Waals surface area contributed by atoms with Gasteiger partial charge in [0, 0.05) is 19.0 Å². The molecule has 3 N–H and O–H groups in total. The lowest BCUT2D eigenvalue weighted by atomic mass is 9.97. The summed E-state index contributed by atoms with van der Waals surface area (Å²) in [5.74, 6) is 0.372. The Hall–Kier alpha value is -0.570. The van der Waals surface area contributed by atoms with E-state index in [9.17, 15) is 0 Å². The molecule has 0 amide bonds. The SMILES string of the molecule is CC1CCCCN1CC1(CC(=N)N)CC1. The van der Waals surface area contributed by atoms with Gasteiger partial charge in [-0.2, -0.15) is 0 Å². The fourth-order valence-electron chi connectivity index (χ4n) is 2.79. The molecule has 1 saturated carbocycles. The van der Waals surface area contributed by atoms with Gasteiger partial charge in [0.2, 0.25) is 0 Å². The first-order chi connectivity index (χ1) is 7.11. The number of nitrogens with one attached hydrogen (secondary N) is 1. The van der Waals surface area contributed by atoms with Crippen LogP contribution in [-0.2, 0) is 0 Å². The Morgan fingerprint density at radius 2 is 2.20 bits per heavy atom. The van der Waals surface area contributed by atoms with Crippen LogP contribution in [-0.4, -0.2) is 29.9 Å². The van der Waals surface area contributed by atoms with Gasteiger partial charge in [0.1, 0.15) is 0 Å². The number of nitrogens with two attached hydrogens (primary N) is 1. The second kappa shape index (κ2) is 4.12. The molecule has 0 aromatic rings. The summed E-state index contributed by atoms with van der Waals surface area (Å²) in [7, 11) is 0. The molecule has 86 valence electrons. The van der Waals surface area contributed by atoms with E-state index in [1.807, 2.05) is 0 Å². The molecular formula is C12H23N3. The molecule has 1 aliphatic heterocycles. The molecule has 0 aromatic heterocycles. The maximum atomic E-state index is 7.42. The van der Waals surface area contributed by atoms with Crippen LogP contribution in [0.4, 0.5) is 0 Å². The van der Waals surface area contributed by atoms with Crippen LogP contribution in [0.1, 0.15) is 45.4 Å². The van der Waals surface area contributed by atoms with Crippen molar-refractivity contribution in [3.8, 4) is 0 Å². The maximum Gasteiger partial charge on any atom is 0.0911 e. The Labute approximate surface area is 92.5 Å². The first-order valence-corrected chi connectivity index (χ1v) is 6.18. The molecule has 1 heterocycles. The standard InChI is InChI=1S/C12H23N3/c1-10-4-2-3-7-15(10)9-12(5-6-12)8-11(13)14/h10H,2-9H2,1H3,(H3,13,14). The van der Waals surface area contributed by atoms with E-state index in [4.69, 9.17) is 11.1 Å². The van der Waals surface area contributed by atoms with Gasteiger partial charge < -0.3 is 10.6 Å². The van der Waals surface area contributed by atoms with Crippen molar-refractivity contribution >= 4 is 5.84 Å². The Morgan fingerprint density at radius 3 is 2.73 bits per heavy atom. The molecule has 0 bridgehead atoms. The lowest BCUT2D eigenvalue weighted by Gasteiger charge is -2.36. The quantitative estimate of drug-likeness (QED) is 0.549. The van der Waals surface area contributed by atoms with Gasteiger partial charge in [0.05, 0.1) is 5.84 Å². The molecule has 1 atom stereocenters. The first kappa shape index (κ1) is 10.9. The predicted octanol–water partition coefficient (Wildman–Crippen LogP) is 1.97. The molecule has 2 aliphatic rings. The van der Waals surface area contributed by atoms with E-state index in [1.54, 1.807) is 0 Å². The van der Waals surface area contributed by atoms with E-state index < -0.39 is 0 Å². The van der Waals surface area contributed by atoms with Crippen LogP contribution in [0.5, 0.6) is 0 Å². The maximum absolute atomic E-state index is 7.42. The fourth-order valence-corrected chi connectivity index (χ4v) is 2.79. The van der Waals surface area contributed by atoms with Gasteiger partial charge in [-0.1, -0.05) is 6.42 Å². The van der Waals surface area contributed by atoms with Crippen LogP contribution in [0.3, 0.4) is 0 Å². The van der Waals surface area contributed by atoms with Crippen molar-refractivity contribution < 1.29 is 0 Å². The largest absolute Gasteiger partial charge is 0.388 e. The molecule has 3 nitrogen and oxygen atoms in total. The highest BCUT2D eigenvalue weighted by atomic mass is 15.2. The molecule has 3 heteroatoms. The molecule has 0 aromatic carbocycles. The summed E-state index contributed by atoms with van der Waals surface area (Å²) in [6, 6.07) is 0.739. The Morgan fingerprint density at radius 1 is 1.47 bits per heavy atom. The van der Waals surface area contributed by atoms with Crippen molar-refractivity contribution in [3.63, 3.8) is 0 Å². The van der Waals surface area contributed by atoms with E-state index in [0.29, 0.717) is 11.3 Å². The summed E-state index contributed by atoms with van der Waals surface area (Å²) in [6.07, 6.45) is 7.44. The monoisotopic (exact) mass is 209 g/mol. The molecule has 0 radical (unpaired) electrons. The van der Waals surface area contributed by atoms with Gasteiger partial charge in [-0.15, -0.1) is 0 Å². The van der Waals surface area contributed by atoms with E-state index >= 15 is 0 Å². The zero-order valence-electron chi connectivity index (χ0n) is 9.76. The average Bonchev–Trinajstić information content (AvgIpc) is 2.88. The lowest BCUT2D eigenvalue weighted by Crippen LogP contribution is -2.41. The van der Waals surface area contributed by atoms with Crippen LogP contribution >= 0.6 is 0 Å². The van der Waals surface area contributed by atoms with Crippen LogP contribution < -0.4 is 5.73 Å². The first-order valence-electron chi connectivity index (χ1n) is 6.18. The van der Waals surface area contributed by atoms with Gasteiger partial charge in [-0.05, 0) is 44.6 Å². The van der Waals surface area contributed by atoms with Gasteiger partial charge in [-0.3, -0.25) is 5.41 Å². The van der Waals surface area contributed by atoms with Crippen molar-refractivity contribution in [1.29, 1.82) is 5.41 Å². The minimum absolute atomic E-state index is 0.372. The molecule has 1 saturated heterocycles. The lowest BCUT2D eigenvalue weighted by molar-refractivity contribution is 0.130. The van der Waals surface area contributed by atoms with E-state index in [2.05, 4.69) is 11.8 Å². The van der Waals surface area contributed by atoms with Gasteiger partial charge >= 0.3 is 0 Å². The van der Waals surface area contributed by atoms with Crippen LogP contribution in [0.15, 0.2) is 0 Å². The highest BCUT2D eigenvalue weighted by Crippen LogP contribution is 2.49. The molecule has 1 unspecified atom stereocenters. The van der Waals surface area contributed by atoms with Crippen LogP contribution in [0.2, 0.25) is 0 Å². The Balaban J connectivity index is 1.87. The summed E-state index contributed by atoms with van der Waals surface area (Å²) in [6.45, 7) is 4.76. The van der Waals surface area contributed by atoms with Crippen molar-refractivity contribution in [2.45, 2.75) is 51.5 Å². The molecule has 1 aliphatic carbocycles. The third kappa shape index (κ3) is 2.71. The highest BCUT2D eigenvalue weighted by molar-refractivity contribution is 5.78. The second-order valence-corrected chi connectivity index (χ2v) is 5.52. The number of piperidine rings is 1. The Kier molecular flexibility index (Phi) is 3.01. The number of amidine groups is 1. The minimum atomic E-state index is 0.372. The summed E-state index contributed by atoms with van der Waals surface area (Å²) < 4.78 is 0. The number of nitrogens with zero attached hydrogens (tertiary/aromatic N) is 1. The zero-order valence-corrected chi connectivity index (χ0v) is 9.76. The van der Waals surface area contributed by atoms with Gasteiger partial charge in [-0.25, -0.2) is 0 Å². The number of likely N-dealkylation sites (tertiary alicyclic amines) is 1. The summed E-state index contributed by atoms with van der Waals surface area (Å²) in [5.41, 5.74) is 5.91. The van der Waals surface area contributed by atoms with Gasteiger partial charge in [0.15, 0.2) is 0 Å². The molecule has 2 rings (SSSR count). The summed E-state index contributed by atoms with van der Waals surface area (Å²) in [5, 5.41) is 7.42. The molecular weight excluding hydrogens is 186 g/mol. The Bertz CT molecular complexity index is 245. The second-order valence-electron chi connectivity index (χ2n) is 5.52. The van der Waals surface area contributed by atoms with E-state index in [1.165, 1.54) is 45.2 Å². The number of hydrogen-bond donors (Lipinski definition) is 2. The van der Waals surface area contributed by atoms with Crippen LogP contribution in [0.25, 0.3) is 0 Å². The summed E-state index contributed by atoms with van der Waals surface area (Å²) >= 11 is 0. The molecule has 15 heavy (non-hydrogen) atoms. The predicted molar refractivity (Wildman–Crippen MR) is 63.1 cm³/mol. The topological polar surface area (TPSA) is 53.1 Å². The third-order valence-corrected chi connectivity index (χ3v) is 4.00. The summed E-state index contributed by atoms with van der Waals surface area (Å²) in [4.78, 5) is 2.61. The van der Waals surface area contributed by atoms with Crippen molar-refractivity contribution in [2.75, 3.05) is 13.1 Å². The average molecular weight is 209 g/mol. The molecule has 2 fully saturated rings. The smallest absolute Gasteiger partial charge is 0.0911 e. The van der Waals surface area contributed by atoms with Crippen LogP contribution in [0, 0.1) is 10.8 Å². The minimum Gasteiger partial charge on any atom is -0.388 e.